The van der Waals surface area contributed by atoms with Crippen LogP contribution in [0.5, 0.6) is 23.0 Å². The molecule has 2 rings (SSSR count). The second-order valence-electron chi connectivity index (χ2n) is 21.8. The molecular formula is C54H95O7P. The van der Waals surface area contributed by atoms with Crippen LogP contribution in [-0.4, -0.2) is 40.6 Å². The van der Waals surface area contributed by atoms with Gasteiger partial charge in [0.05, 0.1) is 40.6 Å². The second-order valence-corrected chi connectivity index (χ2v) is 22.9. The van der Waals surface area contributed by atoms with Crippen molar-refractivity contribution in [2.75, 3.05) is 40.6 Å². The SMILES string of the molecule is COc1cc(C(C)(C)C)c(OCCCCCCCCCCCCO[PH](=O)OCCCCCCCCCCCCOc2cc(C(C)(C)C)c(OC)cc2C(C)(C)C)cc1C(C)(C)C. The first-order chi connectivity index (χ1) is 29.2. The standard InChI is InChI=1S/C54H95O7P/c1-51(2,3)43-41-49(45(53(7,8)9)39-47(43)56-13)58-35-31-27-23-19-15-17-21-25-29-33-37-60-62(55)61-38-34-30-26-22-18-16-20-24-28-32-36-59-50-42-44(52(4,5)6)48(57-14)40-46(50)54(10,11)12/h39-42,62H,15-38H2,1-14H3. The van der Waals surface area contributed by atoms with Crippen LogP contribution in [0.1, 0.15) is 234 Å². The Morgan fingerprint density at radius 1 is 0.339 bits per heavy atom. The molecule has 0 saturated heterocycles. The smallest absolute Gasteiger partial charge is 0.319 e. The highest BCUT2D eigenvalue weighted by Crippen LogP contribution is 2.43. The molecule has 0 spiro atoms. The van der Waals surface area contributed by atoms with Gasteiger partial charge < -0.3 is 28.0 Å². The van der Waals surface area contributed by atoms with Crippen molar-refractivity contribution in [1.82, 2.24) is 0 Å². The second kappa shape index (κ2) is 28.6. The molecule has 358 valence electrons. The molecule has 0 aliphatic rings. The summed E-state index contributed by atoms with van der Waals surface area (Å²) in [5.74, 6) is 3.89. The molecule has 2 aromatic carbocycles. The first kappa shape index (κ1) is 55.9. The van der Waals surface area contributed by atoms with Gasteiger partial charge in [-0.3, -0.25) is 4.57 Å². The quantitative estimate of drug-likeness (QED) is 0.0535. The van der Waals surface area contributed by atoms with Gasteiger partial charge in [-0.2, -0.15) is 0 Å². The minimum atomic E-state index is -2.37. The molecule has 0 saturated carbocycles. The van der Waals surface area contributed by atoms with Gasteiger partial charge in [0, 0.05) is 22.3 Å². The molecule has 0 aliphatic carbocycles. The summed E-state index contributed by atoms with van der Waals surface area (Å²) >= 11 is 0. The molecule has 0 N–H and O–H groups in total. The molecule has 0 bridgehead atoms. The van der Waals surface area contributed by atoms with E-state index in [0.29, 0.717) is 13.2 Å². The van der Waals surface area contributed by atoms with E-state index in [0.717, 1.165) is 74.7 Å². The van der Waals surface area contributed by atoms with E-state index in [1.54, 1.807) is 14.2 Å². The largest absolute Gasteiger partial charge is 0.496 e. The average Bonchev–Trinajstić information content (AvgIpc) is 3.19. The third-order valence-electron chi connectivity index (χ3n) is 11.9. The first-order valence-corrected chi connectivity index (χ1v) is 25.9. The maximum Gasteiger partial charge on any atom is 0.319 e. The summed E-state index contributed by atoms with van der Waals surface area (Å²) in [7, 11) is 1.15. The maximum atomic E-state index is 12.2. The van der Waals surface area contributed by atoms with Crippen molar-refractivity contribution in [3.05, 3.63) is 46.5 Å². The zero-order chi connectivity index (χ0) is 46.2. The Labute approximate surface area is 382 Å². The van der Waals surface area contributed by atoms with Gasteiger partial charge in [0.15, 0.2) is 0 Å². The highest BCUT2D eigenvalue weighted by Gasteiger charge is 2.28. The van der Waals surface area contributed by atoms with Crippen molar-refractivity contribution in [3.8, 4) is 23.0 Å². The molecule has 0 heterocycles. The molecule has 0 aliphatic heterocycles. The Morgan fingerprint density at radius 2 is 0.548 bits per heavy atom. The fourth-order valence-corrected chi connectivity index (χ4v) is 8.70. The molecule has 0 radical (unpaired) electrons. The number of methoxy groups -OCH3 is 2. The number of ether oxygens (including phenoxy) is 4. The van der Waals surface area contributed by atoms with Crippen molar-refractivity contribution in [2.24, 2.45) is 0 Å². The molecular weight excluding hydrogens is 792 g/mol. The monoisotopic (exact) mass is 887 g/mol. The van der Waals surface area contributed by atoms with E-state index in [-0.39, 0.29) is 21.7 Å². The van der Waals surface area contributed by atoms with Gasteiger partial charge in [0.2, 0.25) is 0 Å². The van der Waals surface area contributed by atoms with Crippen LogP contribution in [-0.2, 0) is 35.3 Å². The topological polar surface area (TPSA) is 72.5 Å². The summed E-state index contributed by atoms with van der Waals surface area (Å²) in [5.41, 5.74) is 4.73. The van der Waals surface area contributed by atoms with E-state index in [4.69, 9.17) is 28.0 Å². The fourth-order valence-electron chi connectivity index (χ4n) is 7.99. The van der Waals surface area contributed by atoms with E-state index in [9.17, 15) is 4.57 Å². The highest BCUT2D eigenvalue weighted by atomic mass is 31.1. The van der Waals surface area contributed by atoms with Gasteiger partial charge in [0.1, 0.15) is 23.0 Å². The minimum Gasteiger partial charge on any atom is -0.496 e. The van der Waals surface area contributed by atoms with Crippen LogP contribution in [0.2, 0.25) is 0 Å². The average molecular weight is 887 g/mol. The van der Waals surface area contributed by atoms with Crippen LogP contribution < -0.4 is 18.9 Å². The number of rotatable bonds is 32. The lowest BCUT2D eigenvalue weighted by molar-refractivity contribution is 0.218. The molecule has 0 unspecified atom stereocenters. The van der Waals surface area contributed by atoms with Gasteiger partial charge in [-0.25, -0.2) is 0 Å². The number of hydrogen-bond donors (Lipinski definition) is 0. The molecule has 0 fully saturated rings. The van der Waals surface area contributed by atoms with Gasteiger partial charge in [-0.05, 0) is 71.6 Å². The Balaban J connectivity index is 1.40. The normalized spacial score (nSPS) is 12.6. The van der Waals surface area contributed by atoms with Gasteiger partial charge in [-0.1, -0.05) is 186 Å². The van der Waals surface area contributed by atoms with Gasteiger partial charge in [0.25, 0.3) is 0 Å². The molecule has 8 heteroatoms. The Kier molecular flexibility index (Phi) is 25.8. The summed E-state index contributed by atoms with van der Waals surface area (Å²) in [6.07, 6.45) is 23.9. The number of hydrogen-bond acceptors (Lipinski definition) is 7. The molecule has 0 amide bonds. The molecule has 0 aromatic heterocycles. The lowest BCUT2D eigenvalue weighted by Crippen LogP contribution is -2.18. The lowest BCUT2D eigenvalue weighted by atomic mass is 9.81. The van der Waals surface area contributed by atoms with Crippen molar-refractivity contribution < 1.29 is 32.6 Å². The van der Waals surface area contributed by atoms with E-state index >= 15 is 0 Å². The molecule has 7 nitrogen and oxygen atoms in total. The predicted molar refractivity (Wildman–Crippen MR) is 265 cm³/mol. The third kappa shape index (κ3) is 22.1. The van der Waals surface area contributed by atoms with Crippen molar-refractivity contribution >= 4 is 8.25 Å². The van der Waals surface area contributed by atoms with Crippen molar-refractivity contribution in [3.63, 3.8) is 0 Å². The Morgan fingerprint density at radius 3 is 0.790 bits per heavy atom. The first-order valence-electron chi connectivity index (χ1n) is 24.7. The van der Waals surface area contributed by atoms with E-state index in [2.05, 4.69) is 107 Å². The summed E-state index contributed by atoms with van der Waals surface area (Å²) in [4.78, 5) is 0. The zero-order valence-corrected chi connectivity index (χ0v) is 43.6. The zero-order valence-electron chi connectivity index (χ0n) is 42.6. The summed E-state index contributed by atoms with van der Waals surface area (Å²) < 4.78 is 47.5. The van der Waals surface area contributed by atoms with Gasteiger partial charge in [-0.15, -0.1) is 0 Å². The Bertz CT molecular complexity index is 1430. The summed E-state index contributed by atoms with van der Waals surface area (Å²) in [6.45, 7) is 29.3. The fraction of sp³-hybridized carbons (Fsp3) is 0.778. The van der Waals surface area contributed by atoms with E-state index in [1.165, 1.54) is 112 Å². The van der Waals surface area contributed by atoms with E-state index < -0.39 is 8.25 Å². The Hall–Kier alpha value is -2.21. The highest BCUT2D eigenvalue weighted by molar-refractivity contribution is 7.33. The van der Waals surface area contributed by atoms with Crippen molar-refractivity contribution in [1.29, 1.82) is 0 Å². The predicted octanol–water partition coefficient (Wildman–Crippen LogP) is 16.6. The third-order valence-corrected chi connectivity index (χ3v) is 12.7. The van der Waals surface area contributed by atoms with Crippen molar-refractivity contribution in [2.45, 2.75) is 233 Å². The van der Waals surface area contributed by atoms with Crippen LogP contribution in [0.3, 0.4) is 0 Å². The number of benzene rings is 2. The van der Waals surface area contributed by atoms with E-state index in [1.807, 2.05) is 0 Å². The molecule has 0 atom stereocenters. The van der Waals surface area contributed by atoms with Gasteiger partial charge >= 0.3 is 8.25 Å². The summed E-state index contributed by atoms with van der Waals surface area (Å²) in [6, 6.07) is 8.78. The van der Waals surface area contributed by atoms with Crippen LogP contribution in [0.15, 0.2) is 24.3 Å². The minimum absolute atomic E-state index is 0.0139. The van der Waals surface area contributed by atoms with Crippen LogP contribution in [0.25, 0.3) is 0 Å². The van der Waals surface area contributed by atoms with Crippen LogP contribution in [0.4, 0.5) is 0 Å². The maximum absolute atomic E-state index is 12.2. The number of unbranched alkanes of at least 4 members (excludes halogenated alkanes) is 18. The molecule has 2 aromatic rings. The molecule has 62 heavy (non-hydrogen) atoms. The van der Waals surface area contributed by atoms with Crippen LogP contribution >= 0.6 is 8.25 Å². The lowest BCUT2D eigenvalue weighted by Gasteiger charge is -2.28. The summed E-state index contributed by atoms with van der Waals surface area (Å²) in [5, 5.41) is 0. The van der Waals surface area contributed by atoms with Crippen LogP contribution in [0, 0.1) is 0 Å².